The normalized spacial score (nSPS) is 11.0. The molecule has 0 radical (unpaired) electrons. The second-order valence-electron chi connectivity index (χ2n) is 6.27. The van der Waals surface area contributed by atoms with E-state index in [1.807, 2.05) is 31.2 Å². The highest BCUT2D eigenvalue weighted by molar-refractivity contribution is 6.31. The van der Waals surface area contributed by atoms with Crippen LogP contribution in [-0.4, -0.2) is 9.78 Å². The van der Waals surface area contributed by atoms with Gasteiger partial charge in [0.15, 0.2) is 0 Å². The molecule has 0 aliphatic carbocycles. The Balaban J connectivity index is 1.90. The summed E-state index contributed by atoms with van der Waals surface area (Å²) in [6.45, 7) is 1.93. The topological polar surface area (TPSA) is 17.8 Å². The van der Waals surface area contributed by atoms with Gasteiger partial charge in [-0.3, -0.25) is 0 Å². The monoisotopic (exact) mass is 380 g/mol. The molecule has 4 aromatic rings. The molecule has 1 aromatic heterocycles. The summed E-state index contributed by atoms with van der Waals surface area (Å²) in [7, 11) is 0. The maximum Gasteiger partial charge on any atom is 0.123 e. The van der Waals surface area contributed by atoms with Crippen LogP contribution in [0, 0.1) is 18.6 Å². The first-order valence-electron chi connectivity index (χ1n) is 8.40. The molecule has 134 valence electrons. The van der Waals surface area contributed by atoms with E-state index in [0.29, 0.717) is 10.7 Å². The molecular formula is C22H15ClF2N2. The van der Waals surface area contributed by atoms with Gasteiger partial charge in [0, 0.05) is 16.1 Å². The molecule has 0 bridgehead atoms. The van der Waals surface area contributed by atoms with Gasteiger partial charge in [0.1, 0.15) is 11.6 Å². The molecule has 0 fully saturated rings. The quantitative estimate of drug-likeness (QED) is 0.399. The van der Waals surface area contributed by atoms with Crippen LogP contribution in [0.4, 0.5) is 8.78 Å². The minimum absolute atomic E-state index is 0.303. The van der Waals surface area contributed by atoms with E-state index in [1.54, 1.807) is 28.9 Å². The van der Waals surface area contributed by atoms with Gasteiger partial charge in [-0.1, -0.05) is 17.7 Å². The van der Waals surface area contributed by atoms with Crippen LogP contribution in [0.1, 0.15) is 5.56 Å². The highest BCUT2D eigenvalue weighted by Gasteiger charge is 2.14. The number of rotatable bonds is 3. The molecule has 1 heterocycles. The van der Waals surface area contributed by atoms with Gasteiger partial charge in [-0.2, -0.15) is 5.10 Å². The molecule has 0 amide bonds. The predicted octanol–water partition coefficient (Wildman–Crippen LogP) is 6.45. The van der Waals surface area contributed by atoms with Gasteiger partial charge < -0.3 is 0 Å². The third-order valence-electron chi connectivity index (χ3n) is 4.39. The van der Waals surface area contributed by atoms with Crippen LogP contribution in [0.3, 0.4) is 0 Å². The summed E-state index contributed by atoms with van der Waals surface area (Å²) in [6.07, 6.45) is 0. The van der Waals surface area contributed by atoms with Gasteiger partial charge in [0.25, 0.3) is 0 Å². The molecular weight excluding hydrogens is 366 g/mol. The summed E-state index contributed by atoms with van der Waals surface area (Å²) >= 11 is 6.29. The van der Waals surface area contributed by atoms with Gasteiger partial charge in [-0.15, -0.1) is 0 Å². The zero-order valence-electron chi connectivity index (χ0n) is 14.5. The number of aromatic nitrogens is 2. The molecule has 4 rings (SSSR count). The van der Waals surface area contributed by atoms with Crippen LogP contribution < -0.4 is 0 Å². The average Bonchev–Trinajstić information content (AvgIpc) is 3.10. The van der Waals surface area contributed by atoms with E-state index < -0.39 is 0 Å². The van der Waals surface area contributed by atoms with E-state index >= 15 is 0 Å². The van der Waals surface area contributed by atoms with E-state index in [0.717, 1.165) is 28.1 Å². The fourth-order valence-electron chi connectivity index (χ4n) is 2.88. The summed E-state index contributed by atoms with van der Waals surface area (Å²) < 4.78 is 28.4. The molecule has 0 saturated heterocycles. The fourth-order valence-corrected chi connectivity index (χ4v) is 3.05. The van der Waals surface area contributed by atoms with E-state index in [9.17, 15) is 8.78 Å². The first-order valence-corrected chi connectivity index (χ1v) is 8.77. The van der Waals surface area contributed by atoms with Gasteiger partial charge in [0.05, 0.1) is 17.1 Å². The molecule has 0 N–H and O–H groups in total. The lowest BCUT2D eigenvalue weighted by Gasteiger charge is -2.09. The Hall–Kier alpha value is -2.98. The summed E-state index contributed by atoms with van der Waals surface area (Å²) in [6, 6.07) is 20.0. The minimum Gasteiger partial charge on any atom is -0.232 e. The number of hydrogen-bond acceptors (Lipinski definition) is 1. The van der Waals surface area contributed by atoms with Crippen LogP contribution in [-0.2, 0) is 0 Å². The van der Waals surface area contributed by atoms with Crippen molar-refractivity contribution in [2.45, 2.75) is 6.92 Å². The molecule has 5 heteroatoms. The van der Waals surface area contributed by atoms with Crippen LogP contribution in [0.15, 0.2) is 72.8 Å². The summed E-state index contributed by atoms with van der Waals surface area (Å²) in [4.78, 5) is 0. The number of hydrogen-bond donors (Lipinski definition) is 0. The van der Waals surface area contributed by atoms with E-state index in [-0.39, 0.29) is 11.6 Å². The lowest BCUT2D eigenvalue weighted by atomic mass is 10.1. The summed E-state index contributed by atoms with van der Waals surface area (Å²) in [5.74, 6) is -0.607. The van der Waals surface area contributed by atoms with Crippen molar-refractivity contribution >= 4 is 11.6 Å². The molecule has 3 aromatic carbocycles. The molecule has 27 heavy (non-hydrogen) atoms. The van der Waals surface area contributed by atoms with Crippen LogP contribution in [0.2, 0.25) is 5.02 Å². The second-order valence-corrected chi connectivity index (χ2v) is 6.68. The summed E-state index contributed by atoms with van der Waals surface area (Å²) in [5, 5.41) is 5.33. The molecule has 0 aliphatic heterocycles. The maximum absolute atomic E-state index is 13.4. The van der Waals surface area contributed by atoms with Crippen molar-refractivity contribution < 1.29 is 8.78 Å². The van der Waals surface area contributed by atoms with Crippen molar-refractivity contribution in [3.05, 3.63) is 95.0 Å². The smallest absolute Gasteiger partial charge is 0.123 e. The van der Waals surface area contributed by atoms with Crippen molar-refractivity contribution in [2.24, 2.45) is 0 Å². The number of aryl methyl sites for hydroxylation is 1. The first-order chi connectivity index (χ1) is 13.0. The van der Waals surface area contributed by atoms with Gasteiger partial charge >= 0.3 is 0 Å². The third-order valence-corrected chi connectivity index (χ3v) is 4.80. The highest BCUT2D eigenvalue weighted by Crippen LogP contribution is 2.30. The predicted molar refractivity (Wildman–Crippen MR) is 104 cm³/mol. The summed E-state index contributed by atoms with van der Waals surface area (Å²) in [5.41, 5.74) is 4.83. The molecule has 0 spiro atoms. The first kappa shape index (κ1) is 17.4. The Morgan fingerprint density at radius 3 is 1.96 bits per heavy atom. The Morgan fingerprint density at radius 1 is 0.778 bits per heavy atom. The van der Waals surface area contributed by atoms with Gasteiger partial charge in [0.2, 0.25) is 0 Å². The number of benzene rings is 3. The fraction of sp³-hybridized carbons (Fsp3) is 0.0455. The van der Waals surface area contributed by atoms with Crippen LogP contribution >= 0.6 is 11.6 Å². The van der Waals surface area contributed by atoms with E-state index in [1.165, 1.54) is 24.3 Å². The average molecular weight is 381 g/mol. The van der Waals surface area contributed by atoms with Crippen molar-refractivity contribution in [3.8, 4) is 28.2 Å². The lowest BCUT2D eigenvalue weighted by molar-refractivity contribution is 0.627. The number of halogens is 3. The van der Waals surface area contributed by atoms with Crippen molar-refractivity contribution in [1.29, 1.82) is 0 Å². The van der Waals surface area contributed by atoms with Crippen molar-refractivity contribution in [2.75, 3.05) is 0 Å². The van der Waals surface area contributed by atoms with Crippen LogP contribution in [0.25, 0.3) is 28.2 Å². The Bertz CT molecular complexity index is 1100. The van der Waals surface area contributed by atoms with Gasteiger partial charge in [-0.25, -0.2) is 13.5 Å². The number of nitrogens with zero attached hydrogens (tertiary/aromatic N) is 2. The van der Waals surface area contributed by atoms with Crippen molar-refractivity contribution in [3.63, 3.8) is 0 Å². The lowest BCUT2D eigenvalue weighted by Crippen LogP contribution is -1.99. The van der Waals surface area contributed by atoms with Crippen LogP contribution in [0.5, 0.6) is 0 Å². The SMILES string of the molecule is Cc1ccc(-n2nc(-c3ccc(F)cc3)cc2-c2ccc(F)cc2)cc1Cl. The standard InChI is InChI=1S/C22H15ClF2N2/c1-14-2-11-19(12-20(14)23)27-22(16-5-9-18(25)10-6-16)13-21(26-27)15-3-7-17(24)8-4-15/h2-13H,1H3. The highest BCUT2D eigenvalue weighted by atomic mass is 35.5. The minimum atomic E-state index is -0.304. The Labute approximate surface area is 160 Å². The zero-order chi connectivity index (χ0) is 19.0. The van der Waals surface area contributed by atoms with E-state index in [4.69, 9.17) is 16.7 Å². The molecule has 0 atom stereocenters. The van der Waals surface area contributed by atoms with Crippen molar-refractivity contribution in [1.82, 2.24) is 9.78 Å². The molecule has 0 unspecified atom stereocenters. The second kappa shape index (κ2) is 6.97. The maximum atomic E-state index is 13.4. The molecule has 0 aliphatic rings. The van der Waals surface area contributed by atoms with Gasteiger partial charge in [-0.05, 0) is 79.2 Å². The Kier molecular flexibility index (Phi) is 4.50. The van der Waals surface area contributed by atoms with E-state index in [2.05, 4.69) is 0 Å². The largest absolute Gasteiger partial charge is 0.232 e. The third kappa shape index (κ3) is 3.49. The molecule has 0 saturated carbocycles. The zero-order valence-corrected chi connectivity index (χ0v) is 15.2. The molecule has 2 nitrogen and oxygen atoms in total. The Morgan fingerprint density at radius 2 is 1.37 bits per heavy atom.